The van der Waals surface area contributed by atoms with Crippen LogP contribution in [-0.2, 0) is 25.6 Å². The third-order valence-corrected chi connectivity index (χ3v) is 3.97. The molecule has 0 fully saturated rings. The molecule has 0 aliphatic rings. The van der Waals surface area contributed by atoms with Gasteiger partial charge in [-0.2, -0.15) is 0 Å². The van der Waals surface area contributed by atoms with Gasteiger partial charge in [0.1, 0.15) is 30.5 Å². The van der Waals surface area contributed by atoms with Crippen molar-refractivity contribution >= 4 is 11.9 Å². The molecule has 0 aliphatic carbocycles. The van der Waals surface area contributed by atoms with Gasteiger partial charge < -0.3 is 24.1 Å². The largest absolute Gasteiger partial charge is 0.497 e. The first-order valence-electron chi connectivity index (χ1n) is 9.16. The first-order chi connectivity index (χ1) is 14.5. The summed E-state index contributed by atoms with van der Waals surface area (Å²) in [6, 6.07) is 13.8. The zero-order valence-corrected chi connectivity index (χ0v) is 16.8. The van der Waals surface area contributed by atoms with E-state index >= 15 is 0 Å². The third-order valence-electron chi connectivity index (χ3n) is 3.97. The van der Waals surface area contributed by atoms with Gasteiger partial charge in [0.15, 0.2) is 12.7 Å². The Morgan fingerprint density at radius 2 is 1.50 bits per heavy atom. The molecule has 0 saturated carbocycles. The smallest absolute Gasteiger partial charge is 0.333 e. The highest BCUT2D eigenvalue weighted by Gasteiger charge is 2.16. The fraction of sp³-hybridized carbons (Fsp3) is 0.333. The lowest BCUT2D eigenvalue weighted by atomic mass is 10.1. The molecule has 0 saturated heterocycles. The summed E-state index contributed by atoms with van der Waals surface area (Å²) in [6.45, 7) is 0.193. The first kappa shape index (κ1) is 23.0. The summed E-state index contributed by atoms with van der Waals surface area (Å²) in [5.74, 6) is 0.399. The number of aliphatic carboxylic acids is 1. The molecule has 2 aromatic carbocycles. The molecule has 0 heterocycles. The van der Waals surface area contributed by atoms with Gasteiger partial charge in [0.25, 0.3) is 5.91 Å². The van der Waals surface area contributed by atoms with Gasteiger partial charge in [-0.1, -0.05) is 12.1 Å². The molecule has 0 aromatic heterocycles. The minimum Gasteiger partial charge on any atom is -0.497 e. The van der Waals surface area contributed by atoms with E-state index in [2.05, 4.69) is 5.48 Å². The number of amides is 1. The fourth-order valence-electron chi connectivity index (χ4n) is 2.39. The minimum absolute atomic E-state index is 0.163. The van der Waals surface area contributed by atoms with E-state index in [0.29, 0.717) is 11.5 Å². The van der Waals surface area contributed by atoms with Crippen molar-refractivity contribution in [2.75, 3.05) is 34.0 Å². The molecule has 1 unspecified atom stereocenters. The van der Waals surface area contributed by atoms with Crippen LogP contribution in [0.4, 0.5) is 0 Å². The van der Waals surface area contributed by atoms with E-state index in [1.807, 2.05) is 0 Å². The Bertz CT molecular complexity index is 792. The Kier molecular flexibility index (Phi) is 9.43. The third kappa shape index (κ3) is 7.98. The van der Waals surface area contributed by atoms with E-state index in [1.54, 1.807) is 55.6 Å². The number of rotatable bonds is 13. The second kappa shape index (κ2) is 12.3. The average Bonchev–Trinajstić information content (AvgIpc) is 2.76. The maximum atomic E-state index is 11.7. The lowest BCUT2D eigenvalue weighted by Gasteiger charge is -2.11. The number of carboxylic acid groups (broad SMARTS) is 1. The summed E-state index contributed by atoms with van der Waals surface area (Å²) in [5.41, 5.74) is 3.05. The topological polar surface area (TPSA) is 113 Å². The Morgan fingerprint density at radius 3 is 2.10 bits per heavy atom. The predicted molar refractivity (Wildman–Crippen MR) is 107 cm³/mol. The van der Waals surface area contributed by atoms with E-state index < -0.39 is 18.0 Å². The maximum absolute atomic E-state index is 11.7. The van der Waals surface area contributed by atoms with Gasteiger partial charge in [-0.25, -0.2) is 10.3 Å². The SMILES string of the molecule is COc1ccc(OCCONC(=O)COc2ccc(CC(OC)C(=O)O)cc2)cc1. The molecular weight excluding hydrogens is 394 g/mol. The Morgan fingerprint density at radius 1 is 0.900 bits per heavy atom. The van der Waals surface area contributed by atoms with Crippen LogP contribution in [0, 0.1) is 0 Å². The van der Waals surface area contributed by atoms with Gasteiger partial charge in [-0.05, 0) is 42.0 Å². The molecule has 162 valence electrons. The van der Waals surface area contributed by atoms with Crippen molar-refractivity contribution in [1.82, 2.24) is 5.48 Å². The van der Waals surface area contributed by atoms with E-state index in [0.717, 1.165) is 11.3 Å². The van der Waals surface area contributed by atoms with Crippen molar-refractivity contribution < 1.29 is 38.5 Å². The lowest BCUT2D eigenvalue weighted by Crippen LogP contribution is -2.30. The van der Waals surface area contributed by atoms with Crippen LogP contribution in [0.3, 0.4) is 0 Å². The van der Waals surface area contributed by atoms with Crippen molar-refractivity contribution in [2.24, 2.45) is 0 Å². The van der Waals surface area contributed by atoms with Crippen LogP contribution in [0.15, 0.2) is 48.5 Å². The number of carbonyl (C=O) groups excluding carboxylic acids is 1. The van der Waals surface area contributed by atoms with Gasteiger partial charge in [-0.15, -0.1) is 0 Å². The molecule has 0 bridgehead atoms. The van der Waals surface area contributed by atoms with Crippen molar-refractivity contribution in [3.05, 3.63) is 54.1 Å². The van der Waals surface area contributed by atoms with Crippen LogP contribution in [0.5, 0.6) is 17.2 Å². The summed E-state index contributed by atoms with van der Waals surface area (Å²) in [5, 5.41) is 9.00. The Labute approximate surface area is 174 Å². The summed E-state index contributed by atoms with van der Waals surface area (Å²) >= 11 is 0. The minimum atomic E-state index is -1.02. The quantitative estimate of drug-likeness (QED) is 0.374. The molecule has 0 aliphatic heterocycles. The van der Waals surface area contributed by atoms with E-state index in [-0.39, 0.29) is 26.2 Å². The van der Waals surface area contributed by atoms with Gasteiger partial charge in [0.05, 0.1) is 7.11 Å². The van der Waals surface area contributed by atoms with Crippen LogP contribution >= 0.6 is 0 Å². The van der Waals surface area contributed by atoms with Gasteiger partial charge in [0.2, 0.25) is 0 Å². The molecule has 0 radical (unpaired) electrons. The molecule has 2 aromatic rings. The first-order valence-corrected chi connectivity index (χ1v) is 9.16. The number of hydroxylamine groups is 1. The normalized spacial score (nSPS) is 11.4. The number of methoxy groups -OCH3 is 2. The molecule has 2 rings (SSSR count). The number of carbonyl (C=O) groups is 2. The van der Waals surface area contributed by atoms with Gasteiger partial charge in [0, 0.05) is 13.5 Å². The second-order valence-electron chi connectivity index (χ2n) is 6.10. The van der Waals surface area contributed by atoms with Crippen LogP contribution in [0.2, 0.25) is 0 Å². The molecule has 2 N–H and O–H groups in total. The van der Waals surface area contributed by atoms with Crippen LogP contribution in [0.25, 0.3) is 0 Å². The molecule has 30 heavy (non-hydrogen) atoms. The highest BCUT2D eigenvalue weighted by Crippen LogP contribution is 2.17. The van der Waals surface area contributed by atoms with Crippen LogP contribution < -0.4 is 19.7 Å². The molecule has 1 amide bonds. The summed E-state index contributed by atoms with van der Waals surface area (Å²) in [4.78, 5) is 27.8. The molecule has 1 atom stereocenters. The summed E-state index contributed by atoms with van der Waals surface area (Å²) in [7, 11) is 2.94. The second-order valence-corrected chi connectivity index (χ2v) is 6.10. The maximum Gasteiger partial charge on any atom is 0.333 e. The summed E-state index contributed by atoms with van der Waals surface area (Å²) < 4.78 is 20.8. The number of nitrogens with one attached hydrogen (secondary N) is 1. The van der Waals surface area contributed by atoms with Gasteiger partial charge in [-0.3, -0.25) is 9.63 Å². The van der Waals surface area contributed by atoms with Crippen molar-refractivity contribution in [1.29, 1.82) is 0 Å². The van der Waals surface area contributed by atoms with E-state index in [4.69, 9.17) is 28.9 Å². The average molecular weight is 419 g/mol. The monoisotopic (exact) mass is 419 g/mol. The molecule has 0 spiro atoms. The molecule has 9 nitrogen and oxygen atoms in total. The van der Waals surface area contributed by atoms with Crippen molar-refractivity contribution in [2.45, 2.75) is 12.5 Å². The standard InChI is InChI=1S/C21H25NO8/c1-26-16-7-9-17(10-8-16)28-11-12-30-22-20(23)14-29-18-5-3-15(4-6-18)13-19(27-2)21(24)25/h3-10,19H,11-14H2,1-2H3,(H,22,23)(H,24,25). The predicted octanol–water partition coefficient (Wildman–Crippen LogP) is 1.84. The highest BCUT2D eigenvalue weighted by atomic mass is 16.7. The zero-order chi connectivity index (χ0) is 21.8. The Balaban J connectivity index is 1.61. The number of hydrogen-bond acceptors (Lipinski definition) is 7. The number of benzene rings is 2. The number of hydrogen-bond donors (Lipinski definition) is 2. The fourth-order valence-corrected chi connectivity index (χ4v) is 2.39. The highest BCUT2D eigenvalue weighted by molar-refractivity contribution is 5.76. The van der Waals surface area contributed by atoms with Crippen molar-refractivity contribution in [3.63, 3.8) is 0 Å². The molecule has 9 heteroatoms. The Hall–Kier alpha value is -3.30. The van der Waals surface area contributed by atoms with Crippen LogP contribution in [0.1, 0.15) is 5.56 Å². The van der Waals surface area contributed by atoms with Crippen LogP contribution in [-0.4, -0.2) is 57.1 Å². The molecular formula is C21H25NO8. The number of ether oxygens (including phenoxy) is 4. The number of carboxylic acids is 1. The summed E-state index contributed by atoms with van der Waals surface area (Å²) in [6.07, 6.45) is -0.674. The van der Waals surface area contributed by atoms with E-state index in [9.17, 15) is 9.59 Å². The van der Waals surface area contributed by atoms with Gasteiger partial charge >= 0.3 is 5.97 Å². The zero-order valence-electron chi connectivity index (χ0n) is 16.8. The van der Waals surface area contributed by atoms with E-state index in [1.165, 1.54) is 7.11 Å². The lowest BCUT2D eigenvalue weighted by molar-refractivity contribution is -0.148. The van der Waals surface area contributed by atoms with Crippen molar-refractivity contribution in [3.8, 4) is 17.2 Å².